The third kappa shape index (κ3) is 40.9. The Balaban J connectivity index is -0.0000000650. The first kappa shape index (κ1) is 80.7. The SMILES string of the molecule is C.C.CC.CC.CC.CC.CC.CC.CC.CN=c1[nH]c(Nc2ccccc2)n[c-]c1C.Cc1[c-][nH]c(=O)[nH]c1=N.Cc1[c-]nc(Nc2ccccc2)nc1N.[Y].[Y].[Y]. The van der Waals surface area contributed by atoms with Gasteiger partial charge in [-0.05, 0) is 24.3 Å². The second-order valence-corrected chi connectivity index (χ2v) is 8.25. The minimum Gasteiger partial charge on any atom is -0.435 e. The van der Waals surface area contributed by atoms with Gasteiger partial charge in [-0.25, -0.2) is 0 Å². The first-order chi connectivity index (χ1) is 26.2. The minimum atomic E-state index is -0.398. The molecule has 3 heterocycles. The molecular formula is C44H80N11OY3-3. The molecule has 0 saturated carbocycles. The molecule has 0 atom stereocenters. The van der Waals surface area contributed by atoms with Gasteiger partial charge in [-0.15, -0.1) is 16.7 Å². The molecule has 8 N–H and O–H groups in total. The molecule has 0 saturated heterocycles. The predicted octanol–water partition coefficient (Wildman–Crippen LogP) is 11.4. The van der Waals surface area contributed by atoms with E-state index >= 15 is 0 Å². The monoisotopic (exact) mass is 1050 g/mol. The van der Waals surface area contributed by atoms with Crippen molar-refractivity contribution in [3.8, 4) is 0 Å². The Morgan fingerprint density at radius 2 is 1.03 bits per heavy atom. The molecule has 0 spiro atoms. The van der Waals surface area contributed by atoms with Gasteiger partial charge < -0.3 is 61.5 Å². The van der Waals surface area contributed by atoms with Gasteiger partial charge in [0, 0.05) is 133 Å². The largest absolute Gasteiger partial charge is 0.435 e. The number of hydrogen-bond acceptors (Lipinski definition) is 9. The van der Waals surface area contributed by atoms with Crippen LogP contribution in [-0.2, 0) is 98.1 Å². The fourth-order valence-electron chi connectivity index (χ4n) is 2.94. The van der Waals surface area contributed by atoms with E-state index in [-0.39, 0.29) is 118 Å². The topological polar surface area (TPSA) is 189 Å². The smallest absolute Gasteiger partial charge is 0.209 e. The summed E-state index contributed by atoms with van der Waals surface area (Å²) in [6.07, 6.45) is 8.20. The zero-order valence-corrected chi connectivity index (χ0v) is 46.8. The van der Waals surface area contributed by atoms with Crippen molar-refractivity contribution in [2.45, 2.75) is 133 Å². The van der Waals surface area contributed by atoms with E-state index in [2.05, 4.69) is 64.1 Å². The van der Waals surface area contributed by atoms with Gasteiger partial charge in [-0.2, -0.15) is 0 Å². The Labute approximate surface area is 436 Å². The first-order valence-electron chi connectivity index (χ1n) is 19.1. The standard InChI is InChI=1S/C12H13N4.C11H11N4.C5H6N3O.7C2H6.2CH4.3Y/c1-9-8-14-12(16-11(9)13-2)15-10-6-4-3-5-7-10;1-8-7-13-11(15-10(8)12)14-9-5-3-2-4-6-9;1-3-2-7-5(9)8-4(3)6;7*1-2;;;;;/h3-7H,1-2H3,(H2,13,14,15,16);2-6H,1H3,(H3,12,13,14,15);1H3,(H3,6,7,8,9);7*1-2H3;2*1H4;;;/q3*-1;;;;;;;;;;;;. The summed E-state index contributed by atoms with van der Waals surface area (Å²) in [6, 6.07) is 19.5. The number of aryl methyl sites for hydroxylation is 3. The predicted molar refractivity (Wildman–Crippen MR) is 247 cm³/mol. The number of anilines is 5. The molecule has 0 aliphatic carbocycles. The molecule has 5 aromatic rings. The molecule has 3 aromatic heterocycles. The van der Waals surface area contributed by atoms with Crippen molar-refractivity contribution >= 4 is 29.1 Å². The zero-order valence-electron chi connectivity index (χ0n) is 38.3. The van der Waals surface area contributed by atoms with E-state index in [1.165, 1.54) is 0 Å². The van der Waals surface area contributed by atoms with Crippen LogP contribution >= 0.6 is 0 Å². The van der Waals surface area contributed by atoms with Gasteiger partial charge in [0.1, 0.15) is 5.95 Å². The fraction of sp³-hybridized carbons (Fsp3) is 0.455. The molecule has 329 valence electrons. The quantitative estimate of drug-likeness (QED) is 0.0872. The van der Waals surface area contributed by atoms with E-state index in [1.54, 1.807) is 14.0 Å². The van der Waals surface area contributed by atoms with Crippen LogP contribution in [0.3, 0.4) is 0 Å². The first-order valence-corrected chi connectivity index (χ1v) is 19.1. The summed E-state index contributed by atoms with van der Waals surface area (Å²) >= 11 is 0. The van der Waals surface area contributed by atoms with Crippen LogP contribution in [0.15, 0.2) is 70.5 Å². The Morgan fingerprint density at radius 1 is 0.627 bits per heavy atom. The minimum absolute atomic E-state index is 0. The number of nitrogens with one attached hydrogen (secondary N) is 6. The van der Waals surface area contributed by atoms with E-state index in [0.29, 0.717) is 23.3 Å². The summed E-state index contributed by atoms with van der Waals surface area (Å²) in [5.41, 5.74) is 10.3. The Bertz CT molecular complexity index is 1720. The van der Waals surface area contributed by atoms with Crippen LogP contribution in [0.4, 0.5) is 29.1 Å². The molecule has 3 radical (unpaired) electrons. The normalized spacial score (nSPS) is 7.80. The molecular weight excluding hydrogens is 965 g/mol. The van der Waals surface area contributed by atoms with Gasteiger partial charge in [0.15, 0.2) is 0 Å². The summed E-state index contributed by atoms with van der Waals surface area (Å²) in [4.78, 5) is 34.4. The number of nitrogens with zero attached hydrogens (tertiary/aromatic N) is 4. The molecule has 0 aliphatic rings. The van der Waals surface area contributed by atoms with Gasteiger partial charge in [-0.3, -0.25) is 0 Å². The molecule has 59 heavy (non-hydrogen) atoms. The van der Waals surface area contributed by atoms with Gasteiger partial charge in [0.25, 0.3) is 0 Å². The number of para-hydroxylation sites is 2. The molecule has 2 aromatic carbocycles. The second kappa shape index (κ2) is 60.1. The summed E-state index contributed by atoms with van der Waals surface area (Å²) in [5.74, 6) is 1.55. The van der Waals surface area contributed by atoms with E-state index in [9.17, 15) is 4.79 Å². The van der Waals surface area contributed by atoms with Crippen molar-refractivity contribution in [1.82, 2.24) is 29.9 Å². The third-order valence-electron chi connectivity index (χ3n) is 5.13. The number of hydrogen-bond donors (Lipinski definition) is 7. The summed E-state index contributed by atoms with van der Waals surface area (Å²) in [6.45, 7) is 33.4. The molecule has 0 amide bonds. The van der Waals surface area contributed by atoms with Crippen molar-refractivity contribution in [3.05, 3.63) is 117 Å². The number of nitrogen functional groups attached to an aromatic ring is 1. The molecule has 0 unspecified atom stereocenters. The maximum Gasteiger partial charge on any atom is 0.209 e. The number of nitrogens with two attached hydrogens (primary N) is 1. The fourth-order valence-corrected chi connectivity index (χ4v) is 2.94. The maximum atomic E-state index is 10.4. The second-order valence-electron chi connectivity index (χ2n) is 8.25. The van der Waals surface area contributed by atoms with E-state index in [4.69, 9.17) is 11.1 Å². The van der Waals surface area contributed by atoms with Crippen molar-refractivity contribution in [1.29, 1.82) is 5.41 Å². The number of benzene rings is 2. The van der Waals surface area contributed by atoms with Gasteiger partial charge in [-0.1, -0.05) is 188 Å². The number of H-pyrrole nitrogens is 3. The Morgan fingerprint density at radius 3 is 1.41 bits per heavy atom. The molecule has 12 nitrogen and oxygen atoms in total. The molecule has 0 aliphatic heterocycles. The Kier molecular flexibility index (Phi) is 82.2. The van der Waals surface area contributed by atoms with Crippen LogP contribution in [0.1, 0.15) is 128 Å². The van der Waals surface area contributed by atoms with Crippen molar-refractivity contribution in [3.63, 3.8) is 0 Å². The molecule has 0 fully saturated rings. The summed E-state index contributed by atoms with van der Waals surface area (Å²) in [5, 5.41) is 13.2. The molecule has 5 rings (SSSR count). The van der Waals surface area contributed by atoms with Gasteiger partial charge in [0.05, 0.1) is 5.95 Å². The number of aromatic nitrogens is 6. The van der Waals surface area contributed by atoms with Crippen LogP contribution < -0.4 is 33.0 Å². The summed E-state index contributed by atoms with van der Waals surface area (Å²) in [7, 11) is 1.74. The number of rotatable bonds is 4. The van der Waals surface area contributed by atoms with E-state index in [1.807, 2.05) is 171 Å². The maximum absolute atomic E-state index is 10.4. The average molecular weight is 1050 g/mol. The van der Waals surface area contributed by atoms with Crippen LogP contribution in [0, 0.1) is 44.8 Å². The van der Waals surface area contributed by atoms with Gasteiger partial charge >= 0.3 is 0 Å². The van der Waals surface area contributed by atoms with E-state index in [0.717, 1.165) is 28.0 Å². The van der Waals surface area contributed by atoms with E-state index < -0.39 is 5.69 Å². The molecule has 15 heteroatoms. The van der Waals surface area contributed by atoms with Crippen LogP contribution in [-0.4, -0.2) is 37.0 Å². The average Bonchev–Trinajstić information content (AvgIpc) is 3.25. The van der Waals surface area contributed by atoms with Crippen LogP contribution in [0.2, 0.25) is 0 Å². The van der Waals surface area contributed by atoms with Crippen molar-refractivity contribution in [2.24, 2.45) is 4.99 Å². The van der Waals surface area contributed by atoms with Gasteiger partial charge in [0.2, 0.25) is 5.69 Å². The molecule has 0 bridgehead atoms. The third-order valence-corrected chi connectivity index (χ3v) is 5.13. The summed E-state index contributed by atoms with van der Waals surface area (Å²) < 4.78 is 0. The zero-order chi connectivity index (χ0) is 42.9. The van der Waals surface area contributed by atoms with Crippen LogP contribution in [0.25, 0.3) is 0 Å². The van der Waals surface area contributed by atoms with Crippen molar-refractivity contribution in [2.75, 3.05) is 23.4 Å². The van der Waals surface area contributed by atoms with Crippen molar-refractivity contribution < 1.29 is 98.1 Å². The van der Waals surface area contributed by atoms with Crippen LogP contribution in [0.5, 0.6) is 0 Å². The number of aromatic amines is 3. The Hall–Kier alpha value is -2.21.